The molecule has 0 aromatic heterocycles. The summed E-state index contributed by atoms with van der Waals surface area (Å²) in [6.45, 7) is 2.70. The average molecular weight is 428 g/mol. The van der Waals surface area contributed by atoms with E-state index in [1.807, 2.05) is 0 Å². The second-order valence-corrected chi connectivity index (χ2v) is 7.25. The minimum Gasteiger partial charge on any atom is -0.482 e. The summed E-state index contributed by atoms with van der Waals surface area (Å²) in [6.07, 6.45) is 0. The number of hydrogen-bond acceptors (Lipinski definition) is 6. The van der Waals surface area contributed by atoms with Crippen molar-refractivity contribution in [2.45, 2.75) is 19.9 Å². The molecule has 0 aliphatic carbocycles. The first-order chi connectivity index (χ1) is 14.8. The van der Waals surface area contributed by atoms with Crippen LogP contribution in [-0.4, -0.2) is 42.8 Å². The maximum Gasteiger partial charge on any atom is 0.329 e. The van der Waals surface area contributed by atoms with Gasteiger partial charge in [-0.05, 0) is 36.2 Å². The van der Waals surface area contributed by atoms with Crippen molar-refractivity contribution in [2.24, 2.45) is 5.92 Å². The van der Waals surface area contributed by atoms with E-state index in [-0.39, 0.29) is 29.6 Å². The Morgan fingerprint density at radius 3 is 2.65 bits per heavy atom. The van der Waals surface area contributed by atoms with Crippen LogP contribution in [0.25, 0.3) is 0 Å². The summed E-state index contributed by atoms with van der Waals surface area (Å²) >= 11 is 0. The first-order valence-electron chi connectivity index (χ1n) is 9.58. The zero-order chi connectivity index (χ0) is 22.5. The van der Waals surface area contributed by atoms with E-state index in [1.54, 1.807) is 13.8 Å². The standard InChI is InChI=1S/C22H21FN2O6/c1-12(2)20(25-21(28)14-5-3-4-6-15(14)23)22(29)31-10-17(26)13-7-8-18-16(9-13)24-19(27)11-30-18/h3-9,12,20H,10-11H2,1-2H3,(H,24,27)(H,25,28). The van der Waals surface area contributed by atoms with Gasteiger partial charge in [0.2, 0.25) is 0 Å². The molecule has 0 bridgehead atoms. The van der Waals surface area contributed by atoms with Gasteiger partial charge in [-0.1, -0.05) is 26.0 Å². The molecule has 0 saturated carbocycles. The minimum atomic E-state index is -1.07. The zero-order valence-corrected chi connectivity index (χ0v) is 16.9. The molecule has 2 amide bonds. The van der Waals surface area contributed by atoms with E-state index in [0.717, 1.165) is 6.07 Å². The van der Waals surface area contributed by atoms with Gasteiger partial charge >= 0.3 is 5.97 Å². The molecule has 0 spiro atoms. The number of hydrogen-bond donors (Lipinski definition) is 2. The summed E-state index contributed by atoms with van der Waals surface area (Å²) in [7, 11) is 0. The Balaban J connectivity index is 1.63. The van der Waals surface area contributed by atoms with E-state index in [4.69, 9.17) is 9.47 Å². The van der Waals surface area contributed by atoms with E-state index in [1.165, 1.54) is 36.4 Å². The molecule has 2 aromatic rings. The zero-order valence-electron chi connectivity index (χ0n) is 16.9. The second-order valence-electron chi connectivity index (χ2n) is 7.25. The Labute approximate surface area is 177 Å². The number of carbonyl (C=O) groups is 4. The number of rotatable bonds is 7. The van der Waals surface area contributed by atoms with Crippen LogP contribution in [0.15, 0.2) is 42.5 Å². The highest BCUT2D eigenvalue weighted by Crippen LogP contribution is 2.28. The Morgan fingerprint density at radius 1 is 1.19 bits per heavy atom. The molecule has 8 nitrogen and oxygen atoms in total. The number of fused-ring (bicyclic) bond motifs is 1. The summed E-state index contributed by atoms with van der Waals surface area (Å²) in [4.78, 5) is 48.7. The minimum absolute atomic E-state index is 0.104. The van der Waals surface area contributed by atoms with Crippen molar-refractivity contribution in [1.29, 1.82) is 0 Å². The third kappa shape index (κ3) is 5.25. The van der Waals surface area contributed by atoms with Gasteiger partial charge in [0.05, 0.1) is 11.3 Å². The van der Waals surface area contributed by atoms with E-state index in [0.29, 0.717) is 11.4 Å². The highest BCUT2D eigenvalue weighted by molar-refractivity contribution is 6.02. The molecule has 2 aromatic carbocycles. The molecule has 1 heterocycles. The van der Waals surface area contributed by atoms with Crippen LogP contribution in [-0.2, 0) is 14.3 Å². The van der Waals surface area contributed by atoms with Crippen LogP contribution in [0.1, 0.15) is 34.6 Å². The molecule has 9 heteroatoms. The number of amides is 2. The molecule has 1 aliphatic rings. The Bertz CT molecular complexity index is 1040. The Morgan fingerprint density at radius 2 is 1.94 bits per heavy atom. The predicted molar refractivity (Wildman–Crippen MR) is 108 cm³/mol. The van der Waals surface area contributed by atoms with Crippen LogP contribution in [0.2, 0.25) is 0 Å². The maximum atomic E-state index is 13.8. The van der Waals surface area contributed by atoms with Crippen LogP contribution < -0.4 is 15.4 Å². The molecule has 1 unspecified atom stereocenters. The van der Waals surface area contributed by atoms with E-state index in [2.05, 4.69) is 10.6 Å². The van der Waals surface area contributed by atoms with E-state index in [9.17, 15) is 23.6 Å². The van der Waals surface area contributed by atoms with Crippen molar-refractivity contribution < 1.29 is 33.0 Å². The summed E-state index contributed by atoms with van der Waals surface area (Å²) in [5.41, 5.74) is 0.370. The number of ether oxygens (including phenoxy) is 2. The largest absolute Gasteiger partial charge is 0.482 e. The van der Waals surface area contributed by atoms with Gasteiger partial charge in [0.1, 0.15) is 17.6 Å². The van der Waals surface area contributed by atoms with Gasteiger partial charge in [0, 0.05) is 5.56 Å². The lowest BCUT2D eigenvalue weighted by molar-refractivity contribution is -0.146. The molecule has 0 radical (unpaired) electrons. The molecular weight excluding hydrogens is 407 g/mol. The molecule has 0 saturated heterocycles. The molecular formula is C22H21FN2O6. The summed E-state index contributed by atoms with van der Waals surface area (Å²) in [5, 5.41) is 5.05. The normalized spacial score (nSPS) is 13.5. The van der Waals surface area contributed by atoms with E-state index < -0.39 is 36.1 Å². The van der Waals surface area contributed by atoms with Gasteiger partial charge in [-0.3, -0.25) is 14.4 Å². The predicted octanol–water partition coefficient (Wildman–Crippen LogP) is 2.34. The fraction of sp³-hybridized carbons (Fsp3) is 0.273. The lowest BCUT2D eigenvalue weighted by atomic mass is 10.0. The number of carbonyl (C=O) groups excluding carboxylic acids is 4. The number of esters is 1. The van der Waals surface area contributed by atoms with Crippen molar-refractivity contribution >= 4 is 29.3 Å². The number of halogens is 1. The van der Waals surface area contributed by atoms with Gasteiger partial charge < -0.3 is 20.1 Å². The summed E-state index contributed by atoms with van der Waals surface area (Å²) < 4.78 is 24.2. The number of ketones is 1. The molecule has 31 heavy (non-hydrogen) atoms. The quantitative estimate of drug-likeness (QED) is 0.517. The van der Waals surface area contributed by atoms with Gasteiger partial charge in [0.25, 0.3) is 11.8 Å². The van der Waals surface area contributed by atoms with Gasteiger partial charge in [0.15, 0.2) is 19.0 Å². The molecule has 162 valence electrons. The SMILES string of the molecule is CC(C)C(NC(=O)c1ccccc1F)C(=O)OCC(=O)c1ccc2c(c1)NC(=O)CO2. The first-order valence-corrected chi connectivity index (χ1v) is 9.58. The fourth-order valence-corrected chi connectivity index (χ4v) is 2.93. The van der Waals surface area contributed by atoms with Crippen molar-refractivity contribution in [3.63, 3.8) is 0 Å². The third-order valence-corrected chi connectivity index (χ3v) is 4.61. The van der Waals surface area contributed by atoms with Crippen molar-refractivity contribution in [3.8, 4) is 5.75 Å². The van der Waals surface area contributed by atoms with Crippen LogP contribution >= 0.6 is 0 Å². The highest BCUT2D eigenvalue weighted by atomic mass is 19.1. The van der Waals surface area contributed by atoms with Crippen LogP contribution in [0.3, 0.4) is 0 Å². The second kappa shape index (κ2) is 9.38. The van der Waals surface area contributed by atoms with Crippen molar-refractivity contribution in [1.82, 2.24) is 5.32 Å². The molecule has 0 fully saturated rings. The smallest absolute Gasteiger partial charge is 0.329 e. The Hall–Kier alpha value is -3.75. The lowest BCUT2D eigenvalue weighted by Crippen LogP contribution is -2.46. The van der Waals surface area contributed by atoms with Crippen LogP contribution in [0, 0.1) is 11.7 Å². The first kappa shape index (κ1) is 21.9. The fourth-order valence-electron chi connectivity index (χ4n) is 2.93. The van der Waals surface area contributed by atoms with Crippen LogP contribution in [0.4, 0.5) is 10.1 Å². The summed E-state index contributed by atoms with van der Waals surface area (Å²) in [5.74, 6) is -3.06. The molecule has 1 atom stereocenters. The Kier molecular flexibility index (Phi) is 6.64. The van der Waals surface area contributed by atoms with Crippen molar-refractivity contribution in [3.05, 3.63) is 59.4 Å². The molecule has 1 aliphatic heterocycles. The van der Waals surface area contributed by atoms with Gasteiger partial charge in [-0.2, -0.15) is 0 Å². The van der Waals surface area contributed by atoms with Crippen LogP contribution in [0.5, 0.6) is 5.75 Å². The van der Waals surface area contributed by atoms with Gasteiger partial charge in [-0.15, -0.1) is 0 Å². The molecule has 2 N–H and O–H groups in total. The number of Topliss-reactive ketones (excluding diaryl/α,β-unsaturated/α-hetero) is 1. The molecule has 3 rings (SSSR count). The van der Waals surface area contributed by atoms with Gasteiger partial charge in [-0.25, -0.2) is 9.18 Å². The summed E-state index contributed by atoms with van der Waals surface area (Å²) in [6, 6.07) is 8.79. The number of benzene rings is 2. The number of nitrogens with one attached hydrogen (secondary N) is 2. The highest BCUT2D eigenvalue weighted by Gasteiger charge is 2.28. The maximum absolute atomic E-state index is 13.8. The third-order valence-electron chi connectivity index (χ3n) is 4.61. The average Bonchev–Trinajstić information content (AvgIpc) is 2.74. The topological polar surface area (TPSA) is 111 Å². The van der Waals surface area contributed by atoms with Crippen molar-refractivity contribution in [2.75, 3.05) is 18.5 Å². The number of anilines is 1. The van der Waals surface area contributed by atoms with E-state index >= 15 is 0 Å². The monoisotopic (exact) mass is 428 g/mol. The lowest BCUT2D eigenvalue weighted by Gasteiger charge is -2.21.